The molecule has 2 fully saturated rings. The number of carbonyl (C=O) groups excluding carboxylic acids is 2. The molecule has 1 aromatic rings. The number of rotatable bonds is 3. The van der Waals surface area contributed by atoms with E-state index in [1.165, 1.54) is 17.0 Å². The second-order valence-electron chi connectivity index (χ2n) is 5.83. The third-order valence-electron chi connectivity index (χ3n) is 4.45. The summed E-state index contributed by atoms with van der Waals surface area (Å²) in [5.41, 5.74) is 0.638. The number of thioether (sulfide) groups is 1. The van der Waals surface area contributed by atoms with E-state index in [9.17, 15) is 14.0 Å². The number of amides is 2. The Bertz CT molecular complexity index is 574. The van der Waals surface area contributed by atoms with E-state index in [2.05, 4.69) is 0 Å². The lowest BCUT2D eigenvalue weighted by atomic mass is 9.84. The van der Waals surface area contributed by atoms with Crippen LogP contribution in [0, 0.1) is 11.7 Å². The summed E-state index contributed by atoms with van der Waals surface area (Å²) in [5, 5.41) is 0. The van der Waals surface area contributed by atoms with E-state index in [1.807, 2.05) is 0 Å². The minimum Gasteiger partial charge on any atom is -0.320 e. The zero-order valence-corrected chi connectivity index (χ0v) is 13.3. The predicted octanol–water partition coefficient (Wildman–Crippen LogP) is 2.49. The highest BCUT2D eigenvalue weighted by Gasteiger charge is 2.40. The van der Waals surface area contributed by atoms with Gasteiger partial charge in [-0.25, -0.2) is 4.39 Å². The monoisotopic (exact) mass is 322 g/mol. The summed E-state index contributed by atoms with van der Waals surface area (Å²) in [7, 11) is 1.67. The Kier molecular flexibility index (Phi) is 4.38. The average Bonchev–Trinajstić information content (AvgIpc) is 2.94. The van der Waals surface area contributed by atoms with Crippen molar-refractivity contribution in [2.45, 2.75) is 25.3 Å². The standard InChI is InChI=1S/C16H19FN2O2S/c1-18(13-7-5-12(17)6-8-13)16(21)14-9-22-10-19(14)15(20)11-3-2-4-11/h5-8,11,14H,2-4,9-10H2,1H3/t14-/m1/s1. The number of hydrogen-bond acceptors (Lipinski definition) is 3. The lowest BCUT2D eigenvalue weighted by Gasteiger charge is -2.33. The number of anilines is 1. The number of carbonyl (C=O) groups is 2. The van der Waals surface area contributed by atoms with E-state index in [0.29, 0.717) is 17.3 Å². The molecule has 1 aliphatic carbocycles. The molecule has 2 amide bonds. The van der Waals surface area contributed by atoms with Gasteiger partial charge in [-0.2, -0.15) is 0 Å². The minimum atomic E-state index is -0.409. The topological polar surface area (TPSA) is 40.6 Å². The Morgan fingerprint density at radius 2 is 1.95 bits per heavy atom. The van der Waals surface area contributed by atoms with E-state index in [-0.39, 0.29) is 23.5 Å². The molecule has 1 aromatic carbocycles. The second kappa shape index (κ2) is 6.28. The third kappa shape index (κ3) is 2.84. The van der Waals surface area contributed by atoms with Crippen molar-refractivity contribution in [2.24, 2.45) is 5.92 Å². The molecule has 0 N–H and O–H groups in total. The van der Waals surface area contributed by atoms with Crippen LogP contribution in [0.1, 0.15) is 19.3 Å². The van der Waals surface area contributed by atoms with Gasteiger partial charge in [0.15, 0.2) is 0 Å². The molecule has 6 heteroatoms. The maximum atomic E-state index is 13.0. The first kappa shape index (κ1) is 15.3. The number of hydrogen-bond donors (Lipinski definition) is 0. The Labute approximate surface area is 133 Å². The van der Waals surface area contributed by atoms with Gasteiger partial charge in [-0.3, -0.25) is 9.59 Å². The first-order chi connectivity index (χ1) is 10.6. The van der Waals surface area contributed by atoms with Gasteiger partial charge < -0.3 is 9.80 Å². The van der Waals surface area contributed by atoms with E-state index < -0.39 is 6.04 Å². The third-order valence-corrected chi connectivity index (χ3v) is 5.46. The molecule has 0 aromatic heterocycles. The van der Waals surface area contributed by atoms with E-state index in [0.717, 1.165) is 19.3 Å². The van der Waals surface area contributed by atoms with Crippen molar-refractivity contribution in [3.63, 3.8) is 0 Å². The molecule has 118 valence electrons. The van der Waals surface area contributed by atoms with Crippen molar-refractivity contribution >= 4 is 29.3 Å². The van der Waals surface area contributed by atoms with Crippen LogP contribution in [0.3, 0.4) is 0 Å². The first-order valence-corrected chi connectivity index (χ1v) is 8.65. The molecule has 2 aliphatic rings. The SMILES string of the molecule is CN(C(=O)[C@H]1CSCN1C(=O)C1CCC1)c1ccc(F)cc1. The van der Waals surface area contributed by atoms with Gasteiger partial charge in [0.25, 0.3) is 0 Å². The molecule has 3 rings (SSSR count). The Morgan fingerprint density at radius 1 is 1.27 bits per heavy atom. The van der Waals surface area contributed by atoms with Crippen molar-refractivity contribution in [3.05, 3.63) is 30.1 Å². The summed E-state index contributed by atoms with van der Waals surface area (Å²) in [6.45, 7) is 0. The molecule has 1 atom stereocenters. The number of nitrogens with zero attached hydrogens (tertiary/aromatic N) is 2. The lowest BCUT2D eigenvalue weighted by Crippen LogP contribution is -2.50. The summed E-state index contributed by atoms with van der Waals surface area (Å²) in [6, 6.07) is 5.41. The van der Waals surface area contributed by atoms with Crippen molar-refractivity contribution in [1.82, 2.24) is 4.90 Å². The second-order valence-corrected chi connectivity index (χ2v) is 6.82. The van der Waals surface area contributed by atoms with Gasteiger partial charge in [0.1, 0.15) is 11.9 Å². The molecule has 0 unspecified atom stereocenters. The van der Waals surface area contributed by atoms with Crippen LogP contribution in [0.15, 0.2) is 24.3 Å². The molecule has 1 saturated carbocycles. The molecular formula is C16H19FN2O2S. The highest BCUT2D eigenvalue weighted by molar-refractivity contribution is 7.99. The maximum Gasteiger partial charge on any atom is 0.250 e. The molecule has 1 aliphatic heterocycles. The van der Waals surface area contributed by atoms with Crippen molar-refractivity contribution in [1.29, 1.82) is 0 Å². The molecule has 0 radical (unpaired) electrons. The van der Waals surface area contributed by atoms with Crippen LogP contribution in [0.5, 0.6) is 0 Å². The van der Waals surface area contributed by atoms with Gasteiger partial charge >= 0.3 is 0 Å². The van der Waals surface area contributed by atoms with Crippen molar-refractivity contribution < 1.29 is 14.0 Å². The zero-order valence-electron chi connectivity index (χ0n) is 12.5. The normalized spacial score (nSPS) is 21.5. The van der Waals surface area contributed by atoms with Gasteiger partial charge in [0.2, 0.25) is 11.8 Å². The number of halogens is 1. The van der Waals surface area contributed by atoms with Crippen LogP contribution in [-0.2, 0) is 9.59 Å². The van der Waals surface area contributed by atoms with Crippen molar-refractivity contribution in [3.8, 4) is 0 Å². The molecule has 1 heterocycles. The fourth-order valence-electron chi connectivity index (χ4n) is 2.77. The fourth-order valence-corrected chi connectivity index (χ4v) is 3.92. The molecule has 0 bridgehead atoms. The van der Waals surface area contributed by atoms with E-state index >= 15 is 0 Å². The van der Waals surface area contributed by atoms with E-state index in [4.69, 9.17) is 0 Å². The molecule has 22 heavy (non-hydrogen) atoms. The molecular weight excluding hydrogens is 303 g/mol. The van der Waals surface area contributed by atoms with Gasteiger partial charge in [-0.05, 0) is 37.1 Å². The number of likely N-dealkylation sites (N-methyl/N-ethyl adjacent to an activating group) is 1. The highest BCUT2D eigenvalue weighted by Crippen LogP contribution is 2.32. The van der Waals surface area contributed by atoms with Crippen LogP contribution < -0.4 is 4.90 Å². The quantitative estimate of drug-likeness (QED) is 0.858. The lowest BCUT2D eigenvalue weighted by molar-refractivity contribution is -0.142. The van der Waals surface area contributed by atoms with Crippen LogP contribution in [0.4, 0.5) is 10.1 Å². The van der Waals surface area contributed by atoms with Crippen molar-refractivity contribution in [2.75, 3.05) is 23.6 Å². The predicted molar refractivity (Wildman–Crippen MR) is 85.1 cm³/mol. The molecule has 4 nitrogen and oxygen atoms in total. The Hall–Kier alpha value is -1.56. The molecule has 0 spiro atoms. The van der Waals surface area contributed by atoms with Gasteiger partial charge in [-0.15, -0.1) is 11.8 Å². The largest absolute Gasteiger partial charge is 0.320 e. The maximum absolute atomic E-state index is 13.0. The summed E-state index contributed by atoms with van der Waals surface area (Å²) in [5.74, 6) is 0.991. The highest BCUT2D eigenvalue weighted by atomic mass is 32.2. The van der Waals surface area contributed by atoms with Gasteiger partial charge in [-0.1, -0.05) is 6.42 Å². The number of benzene rings is 1. The summed E-state index contributed by atoms with van der Waals surface area (Å²) < 4.78 is 13.0. The van der Waals surface area contributed by atoms with Gasteiger partial charge in [0.05, 0.1) is 5.88 Å². The zero-order chi connectivity index (χ0) is 15.7. The summed E-state index contributed by atoms with van der Waals surface area (Å²) >= 11 is 1.61. The van der Waals surface area contributed by atoms with Crippen LogP contribution in [-0.4, -0.2) is 41.4 Å². The van der Waals surface area contributed by atoms with Crippen LogP contribution in [0.2, 0.25) is 0 Å². The van der Waals surface area contributed by atoms with E-state index in [1.54, 1.807) is 35.8 Å². The fraction of sp³-hybridized carbons (Fsp3) is 0.500. The van der Waals surface area contributed by atoms with Crippen LogP contribution in [0.25, 0.3) is 0 Å². The smallest absolute Gasteiger partial charge is 0.250 e. The van der Waals surface area contributed by atoms with Gasteiger partial charge in [0, 0.05) is 24.4 Å². The summed E-state index contributed by atoms with van der Waals surface area (Å²) in [4.78, 5) is 28.4. The Balaban J connectivity index is 1.72. The first-order valence-electron chi connectivity index (χ1n) is 7.49. The minimum absolute atomic E-state index is 0.102. The van der Waals surface area contributed by atoms with Crippen LogP contribution >= 0.6 is 11.8 Å². The summed E-state index contributed by atoms with van der Waals surface area (Å²) in [6.07, 6.45) is 2.98. The average molecular weight is 322 g/mol. The Morgan fingerprint density at radius 3 is 2.55 bits per heavy atom. The molecule has 1 saturated heterocycles.